The number of amides is 2. The van der Waals surface area contributed by atoms with E-state index in [2.05, 4.69) is 20.7 Å². The lowest BCUT2D eigenvalue weighted by molar-refractivity contribution is -0.116. The Kier molecular flexibility index (Phi) is 3.94. The fourth-order valence-corrected chi connectivity index (χ4v) is 1.62. The third-order valence-corrected chi connectivity index (χ3v) is 2.50. The molecule has 0 aliphatic heterocycles. The van der Waals surface area contributed by atoms with E-state index in [1.165, 1.54) is 11.0 Å². The summed E-state index contributed by atoms with van der Waals surface area (Å²) in [6.45, 7) is -0.00555. The second-order valence-corrected chi connectivity index (χ2v) is 4.01. The lowest BCUT2D eigenvalue weighted by Gasteiger charge is -2.06. The maximum Gasteiger partial charge on any atom is 0.251 e. The van der Waals surface area contributed by atoms with E-state index in [4.69, 9.17) is 5.73 Å². The molecule has 0 unspecified atom stereocenters. The largest absolute Gasteiger partial charge is 0.367 e. The summed E-state index contributed by atoms with van der Waals surface area (Å²) in [6, 6.07) is 6.63. The van der Waals surface area contributed by atoms with Crippen LogP contribution in [0, 0.1) is 0 Å². The molecule has 20 heavy (non-hydrogen) atoms. The zero-order valence-corrected chi connectivity index (χ0v) is 10.8. The minimum atomic E-state index is -0.288. The number of nitrogens with one attached hydrogen (secondary N) is 2. The molecule has 0 saturated carbocycles. The van der Waals surface area contributed by atoms with Gasteiger partial charge in [0.2, 0.25) is 11.9 Å². The monoisotopic (exact) mass is 274 g/mol. The molecule has 1 heterocycles. The summed E-state index contributed by atoms with van der Waals surface area (Å²) < 4.78 is 1.33. The molecule has 8 nitrogen and oxygen atoms in total. The van der Waals surface area contributed by atoms with Crippen molar-refractivity contribution in [3.63, 3.8) is 0 Å². The fourth-order valence-electron chi connectivity index (χ4n) is 1.62. The SMILES string of the molecule is CNC(=O)c1cccc(NC(=O)Cn2cnc(N)n2)c1. The third-order valence-electron chi connectivity index (χ3n) is 2.50. The predicted octanol–water partition coefficient (Wildman–Crippen LogP) is -0.141. The van der Waals surface area contributed by atoms with Gasteiger partial charge in [0.05, 0.1) is 0 Å². The molecular weight excluding hydrogens is 260 g/mol. The van der Waals surface area contributed by atoms with Crippen molar-refractivity contribution in [2.75, 3.05) is 18.1 Å². The maximum atomic E-state index is 11.8. The van der Waals surface area contributed by atoms with Crippen LogP contribution in [0.3, 0.4) is 0 Å². The van der Waals surface area contributed by atoms with Crippen LogP contribution in [0.2, 0.25) is 0 Å². The second kappa shape index (κ2) is 5.83. The van der Waals surface area contributed by atoms with Crippen LogP contribution in [0.4, 0.5) is 11.6 Å². The van der Waals surface area contributed by atoms with E-state index in [9.17, 15) is 9.59 Å². The van der Waals surface area contributed by atoms with Crippen LogP contribution in [0.1, 0.15) is 10.4 Å². The average Bonchev–Trinajstić information content (AvgIpc) is 2.83. The van der Waals surface area contributed by atoms with E-state index in [-0.39, 0.29) is 24.3 Å². The van der Waals surface area contributed by atoms with Crippen LogP contribution < -0.4 is 16.4 Å². The summed E-state index contributed by atoms with van der Waals surface area (Å²) in [5, 5.41) is 9.00. The topological polar surface area (TPSA) is 115 Å². The number of rotatable bonds is 4. The van der Waals surface area contributed by atoms with E-state index in [0.717, 1.165) is 0 Å². The van der Waals surface area contributed by atoms with Gasteiger partial charge in [0.15, 0.2) is 0 Å². The van der Waals surface area contributed by atoms with Crippen molar-refractivity contribution in [3.8, 4) is 0 Å². The lowest BCUT2D eigenvalue weighted by atomic mass is 10.2. The Labute approximate surface area is 115 Å². The number of nitrogens with zero attached hydrogens (tertiary/aromatic N) is 3. The summed E-state index contributed by atoms with van der Waals surface area (Å²) in [5.74, 6) is -0.395. The summed E-state index contributed by atoms with van der Waals surface area (Å²) in [5.41, 5.74) is 6.36. The van der Waals surface area contributed by atoms with Crippen molar-refractivity contribution in [1.29, 1.82) is 0 Å². The minimum Gasteiger partial charge on any atom is -0.367 e. The van der Waals surface area contributed by atoms with Gasteiger partial charge in [-0.05, 0) is 18.2 Å². The minimum absolute atomic E-state index is 0.00555. The first kappa shape index (κ1) is 13.5. The molecule has 8 heteroatoms. The number of carbonyl (C=O) groups excluding carboxylic acids is 2. The highest BCUT2D eigenvalue weighted by molar-refractivity contribution is 5.96. The molecule has 0 bridgehead atoms. The molecule has 2 rings (SSSR count). The van der Waals surface area contributed by atoms with Gasteiger partial charge in [-0.3, -0.25) is 9.59 Å². The molecular formula is C12H14N6O2. The number of nitrogens with two attached hydrogens (primary N) is 1. The number of aromatic nitrogens is 3. The molecule has 2 amide bonds. The average molecular weight is 274 g/mol. The summed E-state index contributed by atoms with van der Waals surface area (Å²) in [7, 11) is 1.54. The third kappa shape index (κ3) is 3.31. The zero-order valence-electron chi connectivity index (χ0n) is 10.8. The number of carbonyl (C=O) groups is 2. The highest BCUT2D eigenvalue weighted by atomic mass is 16.2. The molecule has 1 aromatic heterocycles. The summed E-state index contributed by atoms with van der Waals surface area (Å²) in [4.78, 5) is 27.0. The Hall–Kier alpha value is -2.90. The van der Waals surface area contributed by atoms with Crippen molar-refractivity contribution < 1.29 is 9.59 Å². The number of nitrogen functional groups attached to an aromatic ring is 1. The molecule has 104 valence electrons. The smallest absolute Gasteiger partial charge is 0.251 e. The van der Waals surface area contributed by atoms with Crippen molar-refractivity contribution in [3.05, 3.63) is 36.2 Å². The van der Waals surface area contributed by atoms with Crippen LogP contribution in [-0.4, -0.2) is 33.6 Å². The Morgan fingerprint density at radius 2 is 2.20 bits per heavy atom. The number of hydrogen-bond acceptors (Lipinski definition) is 5. The first-order valence-electron chi connectivity index (χ1n) is 5.85. The predicted molar refractivity (Wildman–Crippen MR) is 72.9 cm³/mol. The molecule has 0 spiro atoms. The van der Waals surface area contributed by atoms with Crippen LogP contribution in [0.25, 0.3) is 0 Å². The molecule has 0 fully saturated rings. The van der Waals surface area contributed by atoms with E-state index < -0.39 is 0 Å². The van der Waals surface area contributed by atoms with Crippen LogP contribution in [0.5, 0.6) is 0 Å². The molecule has 1 aromatic carbocycles. The number of anilines is 2. The Bertz CT molecular complexity index is 636. The van der Waals surface area contributed by atoms with Crippen molar-refractivity contribution >= 4 is 23.5 Å². The van der Waals surface area contributed by atoms with Gasteiger partial charge in [0.25, 0.3) is 5.91 Å². The summed E-state index contributed by atoms with van der Waals surface area (Å²) in [6.07, 6.45) is 1.37. The molecule has 0 saturated heterocycles. The number of benzene rings is 1. The van der Waals surface area contributed by atoms with Gasteiger partial charge in [0, 0.05) is 18.3 Å². The van der Waals surface area contributed by atoms with E-state index in [1.807, 2.05) is 0 Å². The standard InChI is InChI=1S/C12H14N6O2/c1-14-11(20)8-3-2-4-9(5-8)16-10(19)6-18-7-15-12(13)17-18/h2-5,7H,6H2,1H3,(H2,13,17)(H,14,20)(H,16,19). The lowest BCUT2D eigenvalue weighted by Crippen LogP contribution is -2.20. The summed E-state index contributed by atoms with van der Waals surface area (Å²) >= 11 is 0. The van der Waals surface area contributed by atoms with Gasteiger partial charge in [-0.15, -0.1) is 5.10 Å². The highest BCUT2D eigenvalue weighted by Crippen LogP contribution is 2.10. The Morgan fingerprint density at radius 1 is 1.40 bits per heavy atom. The second-order valence-electron chi connectivity index (χ2n) is 4.01. The first-order valence-corrected chi connectivity index (χ1v) is 5.85. The van der Waals surface area contributed by atoms with E-state index in [0.29, 0.717) is 11.3 Å². The van der Waals surface area contributed by atoms with Gasteiger partial charge in [-0.2, -0.15) is 0 Å². The zero-order chi connectivity index (χ0) is 14.5. The highest BCUT2D eigenvalue weighted by Gasteiger charge is 2.07. The van der Waals surface area contributed by atoms with Gasteiger partial charge < -0.3 is 16.4 Å². The Morgan fingerprint density at radius 3 is 2.85 bits per heavy atom. The molecule has 2 aromatic rings. The van der Waals surface area contributed by atoms with Gasteiger partial charge >= 0.3 is 0 Å². The van der Waals surface area contributed by atoms with Crippen molar-refractivity contribution in [2.24, 2.45) is 0 Å². The molecule has 0 atom stereocenters. The van der Waals surface area contributed by atoms with Crippen molar-refractivity contribution in [2.45, 2.75) is 6.54 Å². The van der Waals surface area contributed by atoms with E-state index >= 15 is 0 Å². The van der Waals surface area contributed by atoms with Gasteiger partial charge in [0.1, 0.15) is 12.9 Å². The van der Waals surface area contributed by atoms with Crippen LogP contribution in [-0.2, 0) is 11.3 Å². The number of hydrogen-bond donors (Lipinski definition) is 3. The normalized spacial score (nSPS) is 10.1. The van der Waals surface area contributed by atoms with Gasteiger partial charge in [-0.25, -0.2) is 9.67 Å². The Balaban J connectivity index is 2.02. The van der Waals surface area contributed by atoms with Crippen LogP contribution in [0.15, 0.2) is 30.6 Å². The van der Waals surface area contributed by atoms with Gasteiger partial charge in [-0.1, -0.05) is 6.07 Å². The molecule has 0 aliphatic carbocycles. The van der Waals surface area contributed by atoms with E-state index in [1.54, 1.807) is 31.3 Å². The molecule has 4 N–H and O–H groups in total. The maximum absolute atomic E-state index is 11.8. The van der Waals surface area contributed by atoms with Crippen LogP contribution >= 0.6 is 0 Å². The molecule has 0 radical (unpaired) electrons. The first-order chi connectivity index (χ1) is 9.58. The van der Waals surface area contributed by atoms with Crippen molar-refractivity contribution in [1.82, 2.24) is 20.1 Å². The fraction of sp³-hybridized carbons (Fsp3) is 0.167. The molecule has 0 aliphatic rings. The quantitative estimate of drug-likeness (QED) is 0.717.